The molecular formula is C7H8ClF2N3. The maximum absolute atomic E-state index is 11.7. The maximum Gasteiger partial charge on any atom is 0.240 e. The maximum atomic E-state index is 11.7. The molecule has 1 rings (SSSR count). The van der Waals surface area contributed by atoms with E-state index < -0.39 is 6.43 Å². The van der Waals surface area contributed by atoms with Crippen molar-refractivity contribution in [3.8, 4) is 0 Å². The van der Waals surface area contributed by atoms with Crippen molar-refractivity contribution in [2.45, 2.75) is 12.8 Å². The Balaban J connectivity index is 2.37. The number of aromatic nitrogens is 2. The summed E-state index contributed by atoms with van der Waals surface area (Å²) in [4.78, 5) is 7.43. The van der Waals surface area contributed by atoms with Crippen molar-refractivity contribution in [1.82, 2.24) is 9.97 Å². The van der Waals surface area contributed by atoms with E-state index in [0.717, 1.165) is 0 Å². The molecule has 0 amide bonds. The van der Waals surface area contributed by atoms with Crippen LogP contribution in [0.25, 0.3) is 0 Å². The molecule has 3 nitrogen and oxygen atoms in total. The number of nitrogens with one attached hydrogen (secondary N) is 1. The fourth-order valence-electron chi connectivity index (χ4n) is 0.740. The molecule has 13 heavy (non-hydrogen) atoms. The normalized spacial score (nSPS) is 10.5. The van der Waals surface area contributed by atoms with Crippen molar-refractivity contribution in [1.29, 1.82) is 0 Å². The van der Waals surface area contributed by atoms with Crippen molar-refractivity contribution in [2.75, 3.05) is 11.9 Å². The van der Waals surface area contributed by atoms with Gasteiger partial charge >= 0.3 is 0 Å². The fraction of sp³-hybridized carbons (Fsp3) is 0.429. The molecule has 0 saturated carbocycles. The molecule has 0 aliphatic carbocycles. The Morgan fingerprint density at radius 2 is 2.23 bits per heavy atom. The number of alkyl halides is 2. The van der Waals surface area contributed by atoms with E-state index in [-0.39, 0.29) is 18.1 Å². The van der Waals surface area contributed by atoms with Crippen LogP contribution in [0.4, 0.5) is 14.6 Å². The summed E-state index contributed by atoms with van der Waals surface area (Å²) >= 11 is 5.55. The Kier molecular flexibility index (Phi) is 3.82. The molecular weight excluding hydrogens is 200 g/mol. The fourth-order valence-corrected chi connectivity index (χ4v) is 0.887. The highest BCUT2D eigenvalue weighted by atomic mass is 35.5. The number of hydrogen-bond donors (Lipinski definition) is 1. The van der Waals surface area contributed by atoms with E-state index in [0.29, 0.717) is 5.82 Å². The molecule has 1 aromatic rings. The van der Waals surface area contributed by atoms with Crippen LogP contribution < -0.4 is 5.32 Å². The first kappa shape index (κ1) is 10.1. The van der Waals surface area contributed by atoms with Gasteiger partial charge in [-0.3, -0.25) is 0 Å². The first-order chi connectivity index (χ1) is 6.18. The predicted molar refractivity (Wildman–Crippen MR) is 46.2 cm³/mol. The summed E-state index contributed by atoms with van der Waals surface area (Å²) in [6.45, 7) is 0.172. The third-order valence-electron chi connectivity index (χ3n) is 1.30. The molecule has 6 heteroatoms. The van der Waals surface area contributed by atoms with Crippen LogP contribution in [0.5, 0.6) is 0 Å². The van der Waals surface area contributed by atoms with Crippen molar-refractivity contribution in [3.63, 3.8) is 0 Å². The molecule has 0 aliphatic heterocycles. The van der Waals surface area contributed by atoms with Crippen LogP contribution in [-0.4, -0.2) is 22.9 Å². The minimum Gasteiger partial charge on any atom is -0.370 e. The molecule has 0 fully saturated rings. The Labute approximate surface area is 79.1 Å². The third-order valence-corrected chi connectivity index (χ3v) is 1.51. The molecule has 0 saturated heterocycles. The van der Waals surface area contributed by atoms with Gasteiger partial charge in [0.15, 0.2) is 0 Å². The van der Waals surface area contributed by atoms with Gasteiger partial charge in [0.25, 0.3) is 0 Å². The Hall–Kier alpha value is -0.970. The van der Waals surface area contributed by atoms with Crippen LogP contribution >= 0.6 is 11.6 Å². The van der Waals surface area contributed by atoms with Gasteiger partial charge in [0.05, 0.1) is 0 Å². The summed E-state index contributed by atoms with van der Waals surface area (Å²) < 4.78 is 23.4. The van der Waals surface area contributed by atoms with Gasteiger partial charge in [0.1, 0.15) is 17.3 Å². The largest absolute Gasteiger partial charge is 0.370 e. The molecule has 0 bridgehead atoms. The third kappa shape index (κ3) is 3.98. The van der Waals surface area contributed by atoms with Gasteiger partial charge in [-0.1, -0.05) is 11.6 Å². The number of hydrogen-bond acceptors (Lipinski definition) is 3. The van der Waals surface area contributed by atoms with E-state index in [1.165, 1.54) is 12.4 Å². The molecule has 0 atom stereocenters. The summed E-state index contributed by atoms with van der Waals surface area (Å²) in [7, 11) is 0. The predicted octanol–water partition coefficient (Wildman–Crippen LogP) is 2.20. The van der Waals surface area contributed by atoms with Gasteiger partial charge in [-0.15, -0.1) is 0 Å². The highest BCUT2D eigenvalue weighted by Crippen LogP contribution is 2.08. The molecule has 1 heterocycles. The van der Waals surface area contributed by atoms with E-state index >= 15 is 0 Å². The van der Waals surface area contributed by atoms with E-state index in [4.69, 9.17) is 11.6 Å². The monoisotopic (exact) mass is 207 g/mol. The van der Waals surface area contributed by atoms with Crippen molar-refractivity contribution < 1.29 is 8.78 Å². The van der Waals surface area contributed by atoms with Gasteiger partial charge < -0.3 is 5.32 Å². The van der Waals surface area contributed by atoms with Crippen LogP contribution in [-0.2, 0) is 0 Å². The van der Waals surface area contributed by atoms with Gasteiger partial charge in [0, 0.05) is 19.0 Å². The number of halogens is 3. The van der Waals surface area contributed by atoms with Gasteiger partial charge in [-0.05, 0) is 0 Å². The lowest BCUT2D eigenvalue weighted by Gasteiger charge is -2.03. The first-order valence-corrected chi connectivity index (χ1v) is 4.06. The molecule has 0 aromatic carbocycles. The van der Waals surface area contributed by atoms with Crippen LogP contribution in [0.15, 0.2) is 12.4 Å². The van der Waals surface area contributed by atoms with E-state index in [1.54, 1.807) is 0 Å². The van der Waals surface area contributed by atoms with Crippen LogP contribution in [0.3, 0.4) is 0 Å². The first-order valence-electron chi connectivity index (χ1n) is 3.68. The van der Waals surface area contributed by atoms with Crippen LogP contribution in [0, 0.1) is 0 Å². The molecule has 1 N–H and O–H groups in total. The standard InChI is InChI=1S/C7H8ClF2N3/c8-5-3-7(13-4-12-5)11-2-1-6(9)10/h3-4,6H,1-2H2,(H,11,12,13). The lowest BCUT2D eigenvalue weighted by molar-refractivity contribution is 0.142. The average molecular weight is 208 g/mol. The molecule has 0 spiro atoms. The van der Waals surface area contributed by atoms with Crippen molar-refractivity contribution in [2.24, 2.45) is 0 Å². The van der Waals surface area contributed by atoms with Crippen molar-refractivity contribution >= 4 is 17.4 Å². The topological polar surface area (TPSA) is 37.8 Å². The molecule has 0 radical (unpaired) electrons. The van der Waals surface area contributed by atoms with Gasteiger partial charge in [-0.25, -0.2) is 18.7 Å². The van der Waals surface area contributed by atoms with Crippen LogP contribution in [0.1, 0.15) is 6.42 Å². The van der Waals surface area contributed by atoms with Gasteiger partial charge in [-0.2, -0.15) is 0 Å². The highest BCUT2D eigenvalue weighted by Gasteiger charge is 2.01. The van der Waals surface area contributed by atoms with E-state index in [2.05, 4.69) is 15.3 Å². The molecule has 1 aromatic heterocycles. The van der Waals surface area contributed by atoms with Crippen LogP contribution in [0.2, 0.25) is 5.15 Å². The zero-order valence-corrected chi connectivity index (χ0v) is 7.43. The number of anilines is 1. The van der Waals surface area contributed by atoms with E-state index in [1.807, 2.05) is 0 Å². The summed E-state index contributed by atoms with van der Waals surface area (Å²) in [6, 6.07) is 1.48. The zero-order chi connectivity index (χ0) is 9.68. The second-order valence-corrected chi connectivity index (χ2v) is 2.72. The quantitative estimate of drug-likeness (QED) is 0.770. The Morgan fingerprint density at radius 1 is 1.46 bits per heavy atom. The summed E-state index contributed by atoms with van der Waals surface area (Å²) in [6.07, 6.45) is -1.24. The second-order valence-electron chi connectivity index (χ2n) is 2.33. The number of nitrogens with zero attached hydrogens (tertiary/aromatic N) is 2. The smallest absolute Gasteiger partial charge is 0.240 e. The van der Waals surface area contributed by atoms with E-state index in [9.17, 15) is 8.78 Å². The SMILES string of the molecule is FC(F)CCNc1cc(Cl)ncn1. The molecule has 0 aliphatic rings. The molecule has 72 valence electrons. The Morgan fingerprint density at radius 3 is 2.85 bits per heavy atom. The second kappa shape index (κ2) is 4.91. The molecule has 0 unspecified atom stereocenters. The van der Waals surface area contributed by atoms with Crippen molar-refractivity contribution in [3.05, 3.63) is 17.5 Å². The summed E-state index contributed by atoms with van der Waals surface area (Å²) in [5.74, 6) is 0.459. The lowest BCUT2D eigenvalue weighted by atomic mass is 10.4. The Bertz CT molecular complexity index is 270. The van der Waals surface area contributed by atoms with Gasteiger partial charge in [0.2, 0.25) is 6.43 Å². The summed E-state index contributed by atoms with van der Waals surface area (Å²) in [5.41, 5.74) is 0. The zero-order valence-electron chi connectivity index (χ0n) is 6.67. The highest BCUT2D eigenvalue weighted by molar-refractivity contribution is 6.29. The average Bonchev–Trinajstić information content (AvgIpc) is 2.03. The minimum absolute atomic E-state index is 0.172. The summed E-state index contributed by atoms with van der Waals surface area (Å²) in [5, 5.41) is 2.99. The number of rotatable bonds is 4. The minimum atomic E-state index is -2.30. The lowest BCUT2D eigenvalue weighted by Crippen LogP contribution is -2.07.